The number of rotatable bonds is 10. The number of hydrogen-bond acceptors (Lipinski definition) is 4. The summed E-state index contributed by atoms with van der Waals surface area (Å²) in [5.74, 6) is -0.467. The summed E-state index contributed by atoms with van der Waals surface area (Å²) >= 11 is 9.00. The Morgan fingerprint density at radius 1 is 0.909 bits per heavy atom. The molecule has 33 heavy (non-hydrogen) atoms. The molecule has 0 aliphatic rings. The van der Waals surface area contributed by atoms with Crippen LogP contribution in [0, 0.1) is 17.5 Å². The van der Waals surface area contributed by atoms with Crippen LogP contribution in [0.3, 0.4) is 0 Å². The number of aryl methyl sites for hydroxylation is 1. The zero-order chi connectivity index (χ0) is 24.0. The Balaban J connectivity index is 1.96. The summed E-state index contributed by atoms with van der Waals surface area (Å²) in [6, 6.07) is 14.9. The smallest absolute Gasteiger partial charge is 0.147 e. The number of halogens is 4. The van der Waals surface area contributed by atoms with Crippen LogP contribution in [0.2, 0.25) is 5.02 Å². The van der Waals surface area contributed by atoms with Crippen LogP contribution in [0.1, 0.15) is 30.5 Å². The van der Waals surface area contributed by atoms with Crippen molar-refractivity contribution in [3.63, 3.8) is 0 Å². The fraction of sp³-hybridized carbons (Fsp3) is 0.280. The van der Waals surface area contributed by atoms with Crippen molar-refractivity contribution in [1.82, 2.24) is 4.31 Å². The van der Waals surface area contributed by atoms with Crippen LogP contribution in [0.5, 0.6) is 0 Å². The van der Waals surface area contributed by atoms with E-state index in [-0.39, 0.29) is 17.5 Å². The van der Waals surface area contributed by atoms with Gasteiger partial charge in [-0.1, -0.05) is 29.6 Å². The summed E-state index contributed by atoms with van der Waals surface area (Å²) in [5.41, 5.74) is 1.86. The van der Waals surface area contributed by atoms with Crippen LogP contribution >= 0.6 is 35.5 Å². The zero-order valence-electron chi connectivity index (χ0n) is 18.7. The molecule has 0 fully saturated rings. The van der Waals surface area contributed by atoms with Gasteiger partial charge in [-0.15, -0.1) is 0 Å². The average molecular weight is 511 g/mol. The summed E-state index contributed by atoms with van der Waals surface area (Å²) in [6.07, 6.45) is 1.55. The summed E-state index contributed by atoms with van der Waals surface area (Å²) in [4.78, 5) is 0.820. The molecule has 8 heteroatoms. The molecule has 0 aromatic heterocycles. The minimum absolute atomic E-state index is 0.126. The largest absolute Gasteiger partial charge is 0.302 e. The van der Waals surface area contributed by atoms with Crippen LogP contribution in [0.25, 0.3) is 0 Å². The van der Waals surface area contributed by atoms with Crippen LogP contribution < -0.4 is 4.31 Å². The van der Waals surface area contributed by atoms with Crippen molar-refractivity contribution >= 4 is 41.2 Å². The van der Waals surface area contributed by atoms with Gasteiger partial charge in [0, 0.05) is 21.7 Å². The van der Waals surface area contributed by atoms with E-state index in [2.05, 4.69) is 0 Å². The Morgan fingerprint density at radius 3 is 2.27 bits per heavy atom. The highest BCUT2D eigenvalue weighted by Crippen LogP contribution is 2.40. The van der Waals surface area contributed by atoms with Gasteiger partial charge in [0.2, 0.25) is 0 Å². The molecule has 0 aliphatic carbocycles. The van der Waals surface area contributed by atoms with E-state index in [4.69, 9.17) is 11.6 Å². The molecule has 0 aliphatic heterocycles. The van der Waals surface area contributed by atoms with Gasteiger partial charge in [-0.05, 0) is 105 Å². The Bertz CT molecular complexity index is 1060. The first kappa shape index (κ1) is 25.8. The predicted molar refractivity (Wildman–Crippen MR) is 135 cm³/mol. The highest BCUT2D eigenvalue weighted by atomic mass is 35.5. The first-order valence-electron chi connectivity index (χ1n) is 10.5. The fourth-order valence-electron chi connectivity index (χ4n) is 3.44. The predicted octanol–water partition coefficient (Wildman–Crippen LogP) is 8.17. The van der Waals surface area contributed by atoms with Crippen molar-refractivity contribution in [2.24, 2.45) is 0 Å². The lowest BCUT2D eigenvalue weighted by Crippen LogP contribution is -2.22. The van der Waals surface area contributed by atoms with Gasteiger partial charge < -0.3 is 4.31 Å². The molecule has 0 amide bonds. The quantitative estimate of drug-likeness (QED) is 0.200. The number of benzene rings is 3. The molecule has 176 valence electrons. The molecule has 1 atom stereocenters. The number of nitrogens with zero attached hydrogens (tertiary/aromatic N) is 2. The fourth-order valence-corrected chi connectivity index (χ4v) is 5.19. The lowest BCUT2D eigenvalue weighted by Gasteiger charge is -2.32. The van der Waals surface area contributed by atoms with Crippen molar-refractivity contribution < 1.29 is 13.2 Å². The van der Waals surface area contributed by atoms with E-state index in [0.29, 0.717) is 11.4 Å². The Hall–Kier alpha value is -1.80. The lowest BCUT2D eigenvalue weighted by atomic mass is 9.97. The van der Waals surface area contributed by atoms with Crippen molar-refractivity contribution in [2.45, 2.75) is 30.7 Å². The first-order chi connectivity index (χ1) is 15.7. The Morgan fingerprint density at radius 2 is 1.58 bits per heavy atom. The summed E-state index contributed by atoms with van der Waals surface area (Å²) in [7, 11) is 3.97. The van der Waals surface area contributed by atoms with Gasteiger partial charge in [0.05, 0.1) is 11.7 Å². The molecule has 0 saturated carbocycles. The van der Waals surface area contributed by atoms with E-state index in [1.807, 2.05) is 37.5 Å². The molecule has 0 N–H and O–H groups in total. The minimum atomic E-state index is -0.532. The molecule has 0 heterocycles. The minimum Gasteiger partial charge on any atom is -0.302 e. The van der Waals surface area contributed by atoms with E-state index in [1.165, 1.54) is 24.1 Å². The first-order valence-corrected chi connectivity index (χ1v) is 12.6. The summed E-state index contributed by atoms with van der Waals surface area (Å²) < 4.78 is 46.8. The standard InChI is InChI=1S/C25H26ClF3N2S2/c1-17(23-12-8-20(27)15-18(23)5-4-14-32-30(2)3)31(25-16-21(28)9-13-24(25)29)33-22-10-6-19(26)7-11-22/h6-13,15-17H,4-5,14H2,1-3H3. The van der Waals surface area contributed by atoms with Gasteiger partial charge in [-0.25, -0.2) is 13.2 Å². The molecule has 0 saturated heterocycles. The van der Waals surface area contributed by atoms with E-state index >= 15 is 0 Å². The maximum Gasteiger partial charge on any atom is 0.147 e. The van der Waals surface area contributed by atoms with Gasteiger partial charge in [0.25, 0.3) is 0 Å². The Kier molecular flexibility index (Phi) is 9.44. The second-order valence-electron chi connectivity index (χ2n) is 7.73. The molecule has 1 unspecified atom stereocenters. The topological polar surface area (TPSA) is 6.48 Å². The van der Waals surface area contributed by atoms with Crippen LogP contribution in [-0.4, -0.2) is 24.2 Å². The van der Waals surface area contributed by atoms with Gasteiger partial charge in [0.1, 0.15) is 17.5 Å². The highest BCUT2D eigenvalue weighted by Gasteiger charge is 2.24. The normalized spacial score (nSPS) is 12.2. The third-order valence-corrected chi connectivity index (χ3v) is 7.44. The lowest BCUT2D eigenvalue weighted by molar-refractivity contribution is 0.595. The van der Waals surface area contributed by atoms with Gasteiger partial charge in [0.15, 0.2) is 0 Å². The van der Waals surface area contributed by atoms with Crippen molar-refractivity contribution in [1.29, 1.82) is 0 Å². The van der Waals surface area contributed by atoms with Crippen molar-refractivity contribution in [3.8, 4) is 0 Å². The van der Waals surface area contributed by atoms with E-state index < -0.39 is 11.6 Å². The van der Waals surface area contributed by atoms with Crippen LogP contribution in [0.4, 0.5) is 18.9 Å². The molecule has 0 bridgehead atoms. The van der Waals surface area contributed by atoms with Crippen LogP contribution in [0.15, 0.2) is 65.6 Å². The van der Waals surface area contributed by atoms with Gasteiger partial charge in [-0.3, -0.25) is 4.31 Å². The number of anilines is 1. The molecule has 3 aromatic carbocycles. The van der Waals surface area contributed by atoms with E-state index in [9.17, 15) is 13.2 Å². The second kappa shape index (κ2) is 12.1. The van der Waals surface area contributed by atoms with Gasteiger partial charge >= 0.3 is 0 Å². The van der Waals surface area contributed by atoms with Crippen LogP contribution in [-0.2, 0) is 6.42 Å². The molecule has 3 aromatic rings. The maximum absolute atomic E-state index is 14.8. The monoisotopic (exact) mass is 510 g/mol. The summed E-state index contributed by atoms with van der Waals surface area (Å²) in [5, 5.41) is 0.590. The highest BCUT2D eigenvalue weighted by molar-refractivity contribution is 8.00. The third kappa shape index (κ3) is 7.34. The summed E-state index contributed by atoms with van der Waals surface area (Å²) in [6.45, 7) is 1.92. The van der Waals surface area contributed by atoms with E-state index in [0.717, 1.165) is 40.3 Å². The van der Waals surface area contributed by atoms with Crippen molar-refractivity contribution in [3.05, 3.63) is 94.3 Å². The SMILES string of the molecule is CC(c1ccc(F)cc1CCCSN(C)C)N(Sc1ccc(Cl)cc1)c1cc(F)ccc1F. The maximum atomic E-state index is 14.8. The molecule has 2 nitrogen and oxygen atoms in total. The molecule has 0 spiro atoms. The van der Waals surface area contributed by atoms with E-state index in [1.54, 1.807) is 40.5 Å². The second-order valence-corrected chi connectivity index (χ2v) is 10.6. The number of hydrogen-bond donors (Lipinski definition) is 0. The van der Waals surface area contributed by atoms with Gasteiger partial charge in [-0.2, -0.15) is 0 Å². The molecule has 0 radical (unpaired) electrons. The zero-order valence-corrected chi connectivity index (χ0v) is 21.1. The molecule has 3 rings (SSSR count). The molecular weight excluding hydrogens is 485 g/mol. The molecular formula is C25H26ClF3N2S2. The van der Waals surface area contributed by atoms with Crippen molar-refractivity contribution in [2.75, 3.05) is 24.2 Å². The third-order valence-electron chi connectivity index (χ3n) is 5.01. The Labute approximate surface area is 207 Å². The average Bonchev–Trinajstić information content (AvgIpc) is 2.78.